The summed E-state index contributed by atoms with van der Waals surface area (Å²) >= 11 is 2.23. The van der Waals surface area contributed by atoms with Gasteiger partial charge in [0.2, 0.25) is 0 Å². The molecule has 3 rings (SSSR count). The molecule has 0 unspecified atom stereocenters. The largest absolute Gasteiger partial charge is 0.489 e. The summed E-state index contributed by atoms with van der Waals surface area (Å²) in [7, 11) is 0. The number of hydrogen-bond acceptors (Lipinski definition) is 5. The first-order valence-electron chi connectivity index (χ1n) is 9.16. The molecule has 1 amide bonds. The smallest absolute Gasteiger partial charge is 0.259 e. The molecule has 150 valence electrons. The second-order valence-electron chi connectivity index (χ2n) is 6.28. The molecule has 3 aromatic rings. The summed E-state index contributed by atoms with van der Waals surface area (Å²) in [6.45, 7) is 0.454. The number of ether oxygens (including phenoxy) is 1. The van der Waals surface area contributed by atoms with Crippen LogP contribution in [0, 0.1) is 14.9 Å². The highest BCUT2D eigenvalue weighted by molar-refractivity contribution is 14.1. The van der Waals surface area contributed by atoms with Crippen LogP contribution in [0.5, 0.6) is 5.75 Å². The molecular formula is C23H19IN4O2. The second-order valence-corrected chi connectivity index (χ2v) is 7.53. The number of anilines is 1. The monoisotopic (exact) mass is 510 g/mol. The van der Waals surface area contributed by atoms with Crippen LogP contribution in [-0.2, 0) is 11.4 Å². The molecule has 30 heavy (non-hydrogen) atoms. The van der Waals surface area contributed by atoms with E-state index in [2.05, 4.69) is 44.5 Å². The third-order valence-electron chi connectivity index (χ3n) is 4.11. The lowest BCUT2D eigenvalue weighted by molar-refractivity contribution is -0.119. The number of nitrogens with one attached hydrogen (secondary N) is 2. The van der Waals surface area contributed by atoms with Gasteiger partial charge in [-0.15, -0.1) is 0 Å². The second kappa shape index (κ2) is 11.0. The summed E-state index contributed by atoms with van der Waals surface area (Å²) in [5, 5.41) is 16.1. The normalized spacial score (nSPS) is 10.4. The molecule has 3 aromatic carbocycles. The minimum Gasteiger partial charge on any atom is -0.489 e. The highest BCUT2D eigenvalue weighted by Crippen LogP contribution is 2.15. The van der Waals surface area contributed by atoms with Crippen molar-refractivity contribution >= 4 is 40.4 Å². The SMILES string of the molecule is N#Cc1ccccc1COc1ccc(C=NNC(=O)CNc2ccc(I)cc2)cc1. The molecule has 0 bridgehead atoms. The zero-order chi connectivity index (χ0) is 21.2. The molecule has 0 atom stereocenters. The Hall–Kier alpha value is -3.38. The van der Waals surface area contributed by atoms with Gasteiger partial charge in [-0.05, 0) is 82.8 Å². The lowest BCUT2D eigenvalue weighted by Crippen LogP contribution is -2.25. The van der Waals surface area contributed by atoms with Gasteiger partial charge < -0.3 is 10.1 Å². The fraction of sp³-hybridized carbons (Fsp3) is 0.0870. The minimum absolute atomic E-state index is 0.134. The molecule has 0 heterocycles. The van der Waals surface area contributed by atoms with E-state index in [1.165, 1.54) is 0 Å². The molecule has 0 aliphatic heterocycles. The summed E-state index contributed by atoms with van der Waals surface area (Å²) in [4.78, 5) is 11.9. The van der Waals surface area contributed by atoms with Gasteiger partial charge in [0.05, 0.1) is 24.4 Å². The summed E-state index contributed by atoms with van der Waals surface area (Å²) < 4.78 is 6.87. The van der Waals surface area contributed by atoms with E-state index >= 15 is 0 Å². The number of nitrogens with zero attached hydrogens (tertiary/aromatic N) is 2. The molecule has 0 aromatic heterocycles. The maximum Gasteiger partial charge on any atom is 0.259 e. The highest BCUT2D eigenvalue weighted by atomic mass is 127. The van der Waals surface area contributed by atoms with Gasteiger partial charge >= 0.3 is 0 Å². The molecule has 6 nitrogen and oxygen atoms in total. The van der Waals surface area contributed by atoms with Crippen LogP contribution in [0.15, 0.2) is 77.9 Å². The van der Waals surface area contributed by atoms with Crippen LogP contribution < -0.4 is 15.5 Å². The first-order valence-corrected chi connectivity index (χ1v) is 10.2. The van der Waals surface area contributed by atoms with E-state index in [0.29, 0.717) is 17.9 Å². The fourth-order valence-electron chi connectivity index (χ4n) is 2.53. The van der Waals surface area contributed by atoms with Crippen molar-refractivity contribution in [2.45, 2.75) is 6.61 Å². The van der Waals surface area contributed by atoms with E-state index in [1.807, 2.05) is 66.7 Å². The summed E-state index contributed by atoms with van der Waals surface area (Å²) in [6.07, 6.45) is 1.57. The number of hydrazone groups is 1. The number of nitriles is 1. The Morgan fingerprint density at radius 1 is 1.07 bits per heavy atom. The first-order chi connectivity index (χ1) is 14.6. The standard InChI is InChI=1S/C23H19IN4O2/c24-20-7-9-21(10-8-20)26-15-23(29)28-27-14-17-5-11-22(12-6-17)30-16-19-4-2-1-3-18(19)13-25/h1-12,14,26H,15-16H2,(H,28,29). The maximum atomic E-state index is 11.9. The Morgan fingerprint density at radius 2 is 1.80 bits per heavy atom. The predicted molar refractivity (Wildman–Crippen MR) is 125 cm³/mol. The quantitative estimate of drug-likeness (QED) is 0.269. The Kier molecular flexibility index (Phi) is 7.80. The summed E-state index contributed by atoms with van der Waals surface area (Å²) in [6, 6.07) is 24.6. The number of carbonyl (C=O) groups excluding carboxylic acids is 1. The average Bonchev–Trinajstić information content (AvgIpc) is 2.78. The lowest BCUT2D eigenvalue weighted by Gasteiger charge is -2.07. The van der Waals surface area contributed by atoms with Crippen molar-refractivity contribution in [2.24, 2.45) is 5.10 Å². The van der Waals surface area contributed by atoms with Crippen molar-refractivity contribution in [3.63, 3.8) is 0 Å². The molecule has 0 fully saturated rings. The Morgan fingerprint density at radius 3 is 2.53 bits per heavy atom. The van der Waals surface area contributed by atoms with E-state index in [-0.39, 0.29) is 12.5 Å². The van der Waals surface area contributed by atoms with Crippen molar-refractivity contribution in [3.8, 4) is 11.8 Å². The van der Waals surface area contributed by atoms with Gasteiger partial charge in [-0.3, -0.25) is 4.79 Å². The van der Waals surface area contributed by atoms with Gasteiger partial charge in [0.25, 0.3) is 5.91 Å². The molecule has 0 aliphatic rings. The van der Waals surface area contributed by atoms with Crippen LogP contribution >= 0.6 is 22.6 Å². The molecular weight excluding hydrogens is 491 g/mol. The van der Waals surface area contributed by atoms with Crippen molar-refractivity contribution in [1.82, 2.24) is 5.43 Å². The third-order valence-corrected chi connectivity index (χ3v) is 4.83. The van der Waals surface area contributed by atoms with Crippen LogP contribution in [0.3, 0.4) is 0 Å². The first kappa shape index (κ1) is 21.3. The lowest BCUT2D eigenvalue weighted by atomic mass is 10.1. The van der Waals surface area contributed by atoms with Gasteiger partial charge in [-0.25, -0.2) is 5.43 Å². The van der Waals surface area contributed by atoms with E-state index in [9.17, 15) is 4.79 Å². The van der Waals surface area contributed by atoms with Gasteiger partial charge in [0.15, 0.2) is 0 Å². The number of halogens is 1. The van der Waals surface area contributed by atoms with Crippen LogP contribution in [0.1, 0.15) is 16.7 Å². The maximum absolute atomic E-state index is 11.9. The van der Waals surface area contributed by atoms with Gasteiger partial charge in [0.1, 0.15) is 12.4 Å². The Labute approximate surface area is 188 Å². The summed E-state index contributed by atoms with van der Waals surface area (Å²) in [5.74, 6) is 0.451. The van der Waals surface area contributed by atoms with Crippen LogP contribution in [0.2, 0.25) is 0 Å². The predicted octanol–water partition coefficient (Wildman–Crippen LogP) is 4.30. The Balaban J connectivity index is 1.44. The molecule has 0 saturated heterocycles. The number of rotatable bonds is 8. The molecule has 0 spiro atoms. The molecule has 0 radical (unpaired) electrons. The number of benzene rings is 3. The topological polar surface area (TPSA) is 86.5 Å². The van der Waals surface area contributed by atoms with Gasteiger partial charge in [0, 0.05) is 14.8 Å². The van der Waals surface area contributed by atoms with Crippen molar-refractivity contribution in [1.29, 1.82) is 5.26 Å². The van der Waals surface area contributed by atoms with Crippen molar-refractivity contribution < 1.29 is 9.53 Å². The molecule has 7 heteroatoms. The third kappa shape index (κ3) is 6.60. The molecule has 0 saturated carbocycles. The van der Waals surface area contributed by atoms with Crippen LogP contribution in [0.4, 0.5) is 5.69 Å². The molecule has 2 N–H and O–H groups in total. The van der Waals surface area contributed by atoms with Crippen LogP contribution in [0.25, 0.3) is 0 Å². The number of carbonyl (C=O) groups is 1. The van der Waals surface area contributed by atoms with Crippen molar-refractivity contribution in [3.05, 3.63) is 93.1 Å². The fourth-order valence-corrected chi connectivity index (χ4v) is 2.89. The van der Waals surface area contributed by atoms with Gasteiger partial charge in [-0.1, -0.05) is 18.2 Å². The van der Waals surface area contributed by atoms with Crippen molar-refractivity contribution in [2.75, 3.05) is 11.9 Å². The number of amides is 1. The Bertz CT molecular complexity index is 1060. The molecule has 0 aliphatic carbocycles. The zero-order valence-electron chi connectivity index (χ0n) is 16.0. The van der Waals surface area contributed by atoms with E-state index in [1.54, 1.807) is 12.3 Å². The zero-order valence-corrected chi connectivity index (χ0v) is 18.2. The summed E-state index contributed by atoms with van der Waals surface area (Å²) in [5.41, 5.74) is 5.64. The van der Waals surface area contributed by atoms with Gasteiger partial charge in [-0.2, -0.15) is 10.4 Å². The average molecular weight is 510 g/mol. The highest BCUT2D eigenvalue weighted by Gasteiger charge is 2.02. The number of hydrogen-bond donors (Lipinski definition) is 2. The minimum atomic E-state index is -0.235. The van der Waals surface area contributed by atoms with E-state index in [0.717, 1.165) is 20.4 Å². The van der Waals surface area contributed by atoms with Crippen LogP contribution in [-0.4, -0.2) is 18.7 Å². The van der Waals surface area contributed by atoms with E-state index < -0.39 is 0 Å². The van der Waals surface area contributed by atoms with E-state index in [4.69, 9.17) is 10.00 Å².